The minimum atomic E-state index is -0.380. The second-order valence-electron chi connectivity index (χ2n) is 5.85. The Balaban J connectivity index is 2.60. The second kappa shape index (κ2) is 5.24. The first-order valence-electron chi connectivity index (χ1n) is 6.10. The molecule has 0 atom stereocenters. The van der Waals surface area contributed by atoms with Crippen LogP contribution in [0.5, 0.6) is 0 Å². The molecule has 1 saturated heterocycles. The minimum Gasteiger partial charge on any atom is -0.366 e. The molecule has 0 aromatic carbocycles. The number of carbonyl (C=O) groups excluding carboxylic acids is 2. The van der Waals surface area contributed by atoms with E-state index in [1.165, 1.54) is 0 Å². The van der Waals surface area contributed by atoms with Crippen LogP contribution in [-0.4, -0.2) is 54.1 Å². The van der Waals surface area contributed by atoms with Crippen molar-refractivity contribution < 1.29 is 14.3 Å². The maximum Gasteiger partial charge on any atom is 0.242 e. The predicted molar refractivity (Wildman–Crippen MR) is 67.9 cm³/mol. The van der Waals surface area contributed by atoms with Crippen LogP contribution in [-0.2, 0) is 14.3 Å². The number of nitrogens with one attached hydrogen (secondary N) is 1. The van der Waals surface area contributed by atoms with Gasteiger partial charge in [0.1, 0.15) is 0 Å². The first kappa shape index (κ1) is 14.9. The van der Waals surface area contributed by atoms with Gasteiger partial charge in [-0.1, -0.05) is 0 Å². The summed E-state index contributed by atoms with van der Waals surface area (Å²) in [6.45, 7) is 8.73. The normalized spacial score (nSPS) is 21.5. The molecule has 6 nitrogen and oxygen atoms in total. The Labute approximate surface area is 108 Å². The maximum atomic E-state index is 12.0. The molecule has 0 aromatic heterocycles. The molecule has 0 spiro atoms. The second-order valence-corrected chi connectivity index (χ2v) is 5.85. The van der Waals surface area contributed by atoms with Crippen LogP contribution in [0.15, 0.2) is 0 Å². The molecule has 1 aliphatic rings. The summed E-state index contributed by atoms with van der Waals surface area (Å²) >= 11 is 0. The molecule has 2 amide bonds. The van der Waals surface area contributed by atoms with Crippen LogP contribution in [0.4, 0.5) is 0 Å². The number of nitrogens with two attached hydrogens (primary N) is 1. The van der Waals surface area contributed by atoms with Gasteiger partial charge >= 0.3 is 0 Å². The van der Waals surface area contributed by atoms with Crippen LogP contribution in [0.1, 0.15) is 27.7 Å². The van der Waals surface area contributed by atoms with Crippen molar-refractivity contribution >= 4 is 11.8 Å². The predicted octanol–water partition coefficient (Wildman–Crippen LogP) is -0.523. The Morgan fingerprint density at radius 1 is 1.22 bits per heavy atom. The van der Waals surface area contributed by atoms with Gasteiger partial charge in [-0.25, -0.2) is 0 Å². The Morgan fingerprint density at radius 3 is 2.17 bits per heavy atom. The van der Waals surface area contributed by atoms with Crippen molar-refractivity contribution in [2.75, 3.05) is 26.2 Å². The maximum absolute atomic E-state index is 12.0. The smallest absolute Gasteiger partial charge is 0.242 e. The highest BCUT2D eigenvalue weighted by atomic mass is 16.5. The molecule has 0 unspecified atom stereocenters. The van der Waals surface area contributed by atoms with Crippen LogP contribution in [0.3, 0.4) is 0 Å². The van der Waals surface area contributed by atoms with Gasteiger partial charge in [-0.15, -0.1) is 0 Å². The van der Waals surface area contributed by atoms with Crippen LogP contribution in [0, 0.1) is 0 Å². The summed E-state index contributed by atoms with van der Waals surface area (Å²) in [6.07, 6.45) is 0. The molecule has 104 valence electrons. The number of nitrogens with zero attached hydrogens (tertiary/aromatic N) is 1. The summed E-state index contributed by atoms with van der Waals surface area (Å²) in [7, 11) is 0. The third-order valence-corrected chi connectivity index (χ3v) is 2.67. The standard InChI is InChI=1S/C12H23N3O3/c1-11(2)7-15(8-12(3,4)18-11)10(17)6-14-9(16)5-13/h5-8,13H2,1-4H3,(H,14,16). The summed E-state index contributed by atoms with van der Waals surface area (Å²) in [5, 5.41) is 2.49. The molecule has 0 bridgehead atoms. The van der Waals surface area contributed by atoms with E-state index in [1.807, 2.05) is 27.7 Å². The number of hydrogen-bond acceptors (Lipinski definition) is 4. The zero-order chi connectivity index (χ0) is 14.0. The Kier molecular flexibility index (Phi) is 4.34. The van der Waals surface area contributed by atoms with Crippen molar-refractivity contribution in [3.05, 3.63) is 0 Å². The summed E-state index contributed by atoms with van der Waals surface area (Å²) in [6, 6.07) is 0. The van der Waals surface area contributed by atoms with E-state index in [0.717, 1.165) is 0 Å². The molecule has 3 N–H and O–H groups in total. The highest BCUT2D eigenvalue weighted by Crippen LogP contribution is 2.27. The lowest BCUT2D eigenvalue weighted by Crippen LogP contribution is -2.60. The van der Waals surface area contributed by atoms with E-state index >= 15 is 0 Å². The molecule has 1 heterocycles. The third kappa shape index (κ3) is 4.27. The van der Waals surface area contributed by atoms with E-state index in [0.29, 0.717) is 13.1 Å². The molecule has 0 aliphatic carbocycles. The number of carbonyl (C=O) groups is 2. The average molecular weight is 257 g/mol. The van der Waals surface area contributed by atoms with E-state index in [4.69, 9.17) is 10.5 Å². The van der Waals surface area contributed by atoms with Crippen molar-refractivity contribution in [2.24, 2.45) is 5.73 Å². The summed E-state index contributed by atoms with van der Waals surface area (Å²) in [5.41, 5.74) is 4.41. The van der Waals surface area contributed by atoms with Gasteiger partial charge in [0.25, 0.3) is 0 Å². The van der Waals surface area contributed by atoms with E-state index in [1.54, 1.807) is 4.90 Å². The Morgan fingerprint density at radius 2 is 1.72 bits per heavy atom. The number of hydrogen-bond donors (Lipinski definition) is 2. The number of ether oxygens (including phenoxy) is 1. The topological polar surface area (TPSA) is 84.7 Å². The fourth-order valence-corrected chi connectivity index (χ4v) is 2.32. The van der Waals surface area contributed by atoms with Gasteiger partial charge in [-0.3, -0.25) is 9.59 Å². The Bertz CT molecular complexity index is 323. The molecule has 1 rings (SSSR count). The summed E-state index contributed by atoms with van der Waals surface area (Å²) in [4.78, 5) is 24.8. The van der Waals surface area contributed by atoms with Gasteiger partial charge < -0.3 is 20.7 Å². The molecule has 0 radical (unpaired) electrons. The summed E-state index contributed by atoms with van der Waals surface area (Å²) in [5.74, 6) is -0.434. The fraction of sp³-hybridized carbons (Fsp3) is 0.833. The fourth-order valence-electron chi connectivity index (χ4n) is 2.32. The van der Waals surface area contributed by atoms with Gasteiger partial charge in [-0.05, 0) is 27.7 Å². The molecule has 0 aromatic rings. The molecule has 0 saturated carbocycles. The van der Waals surface area contributed by atoms with E-state index < -0.39 is 0 Å². The molecule has 6 heteroatoms. The number of rotatable bonds is 3. The highest BCUT2D eigenvalue weighted by Gasteiger charge is 2.39. The Hall–Kier alpha value is -1.14. The van der Waals surface area contributed by atoms with Gasteiger partial charge in [0.15, 0.2) is 0 Å². The van der Waals surface area contributed by atoms with Gasteiger partial charge in [0.05, 0.1) is 24.3 Å². The van der Waals surface area contributed by atoms with E-state index in [-0.39, 0.29) is 36.1 Å². The van der Waals surface area contributed by atoms with Crippen LogP contribution < -0.4 is 11.1 Å². The lowest BCUT2D eigenvalue weighted by Gasteiger charge is -2.47. The van der Waals surface area contributed by atoms with Crippen molar-refractivity contribution in [1.82, 2.24) is 10.2 Å². The van der Waals surface area contributed by atoms with Crippen LogP contribution >= 0.6 is 0 Å². The molecule has 18 heavy (non-hydrogen) atoms. The number of morpholine rings is 1. The van der Waals surface area contributed by atoms with Crippen LogP contribution in [0.2, 0.25) is 0 Å². The van der Waals surface area contributed by atoms with Crippen molar-refractivity contribution in [1.29, 1.82) is 0 Å². The van der Waals surface area contributed by atoms with Crippen molar-refractivity contribution in [2.45, 2.75) is 38.9 Å². The van der Waals surface area contributed by atoms with Crippen molar-refractivity contribution in [3.8, 4) is 0 Å². The average Bonchev–Trinajstić information content (AvgIpc) is 2.20. The third-order valence-electron chi connectivity index (χ3n) is 2.67. The van der Waals surface area contributed by atoms with Gasteiger partial charge in [0.2, 0.25) is 11.8 Å². The lowest BCUT2D eigenvalue weighted by atomic mass is 9.99. The van der Waals surface area contributed by atoms with Gasteiger partial charge in [-0.2, -0.15) is 0 Å². The van der Waals surface area contributed by atoms with Gasteiger partial charge in [0, 0.05) is 13.1 Å². The lowest BCUT2D eigenvalue weighted by molar-refractivity contribution is -0.187. The minimum absolute atomic E-state index is 0.0117. The molecular formula is C12H23N3O3. The van der Waals surface area contributed by atoms with Crippen molar-refractivity contribution in [3.63, 3.8) is 0 Å². The highest BCUT2D eigenvalue weighted by molar-refractivity contribution is 5.85. The SMILES string of the molecule is CC1(C)CN(C(=O)CNC(=O)CN)CC(C)(C)O1. The quantitative estimate of drug-likeness (QED) is 0.712. The summed E-state index contributed by atoms with van der Waals surface area (Å²) < 4.78 is 5.89. The zero-order valence-corrected chi connectivity index (χ0v) is 11.6. The monoisotopic (exact) mass is 257 g/mol. The largest absolute Gasteiger partial charge is 0.366 e. The van der Waals surface area contributed by atoms with E-state index in [2.05, 4.69) is 5.32 Å². The van der Waals surface area contributed by atoms with E-state index in [9.17, 15) is 9.59 Å². The van der Waals surface area contributed by atoms with Crippen LogP contribution in [0.25, 0.3) is 0 Å². The first-order valence-corrected chi connectivity index (χ1v) is 6.10. The zero-order valence-electron chi connectivity index (χ0n) is 11.6. The molecule has 1 fully saturated rings. The molecular weight excluding hydrogens is 234 g/mol. The number of amides is 2. The molecule has 1 aliphatic heterocycles. The first-order chi connectivity index (χ1) is 8.15.